The average Bonchev–Trinajstić information content (AvgIpc) is 2.97. The van der Waals surface area contributed by atoms with E-state index in [2.05, 4.69) is 15.5 Å². The number of anilines is 1. The van der Waals surface area contributed by atoms with E-state index in [1.54, 1.807) is 25.3 Å². The first-order valence-corrected chi connectivity index (χ1v) is 6.42. The van der Waals surface area contributed by atoms with Crippen LogP contribution >= 0.6 is 0 Å². The lowest BCUT2D eigenvalue weighted by molar-refractivity contribution is 0.0987. The first kappa shape index (κ1) is 14.8. The van der Waals surface area contributed by atoms with Gasteiger partial charge in [-0.05, 0) is 12.1 Å². The highest BCUT2D eigenvalue weighted by Gasteiger charge is 2.18. The molecule has 0 radical (unpaired) electrons. The number of ether oxygens (including phenoxy) is 2. The van der Waals surface area contributed by atoms with Gasteiger partial charge in [-0.2, -0.15) is 0 Å². The number of hydrogen-bond acceptors (Lipinski definition) is 6. The third kappa shape index (κ3) is 3.31. The number of nitrogens with one attached hydrogen (secondary N) is 1. The number of carbonyl (C=O) groups is 1. The van der Waals surface area contributed by atoms with Crippen molar-refractivity contribution in [3.63, 3.8) is 0 Å². The number of methoxy groups -OCH3 is 2. The Labute approximate surface area is 122 Å². The number of amides is 1. The van der Waals surface area contributed by atoms with Crippen molar-refractivity contribution in [2.45, 2.75) is 19.8 Å². The van der Waals surface area contributed by atoms with E-state index in [1.165, 1.54) is 7.11 Å². The van der Waals surface area contributed by atoms with Gasteiger partial charge in [-0.3, -0.25) is 4.79 Å². The van der Waals surface area contributed by atoms with E-state index in [4.69, 9.17) is 13.9 Å². The summed E-state index contributed by atoms with van der Waals surface area (Å²) < 4.78 is 15.6. The van der Waals surface area contributed by atoms with Crippen LogP contribution in [0.15, 0.2) is 22.6 Å². The van der Waals surface area contributed by atoms with Crippen LogP contribution in [0, 0.1) is 0 Å². The second-order valence-electron chi connectivity index (χ2n) is 4.62. The van der Waals surface area contributed by atoms with E-state index in [9.17, 15) is 4.79 Å². The van der Waals surface area contributed by atoms with Gasteiger partial charge < -0.3 is 19.2 Å². The largest absolute Gasteiger partial charge is 0.497 e. The van der Waals surface area contributed by atoms with E-state index in [1.807, 2.05) is 13.8 Å². The van der Waals surface area contributed by atoms with Crippen molar-refractivity contribution >= 4 is 11.6 Å². The Balaban J connectivity index is 2.21. The van der Waals surface area contributed by atoms with Gasteiger partial charge in [-0.1, -0.05) is 13.8 Å². The molecule has 0 spiro atoms. The Morgan fingerprint density at radius 3 is 2.57 bits per heavy atom. The topological polar surface area (TPSA) is 86.5 Å². The number of nitrogens with zero attached hydrogens (tertiary/aromatic N) is 2. The Kier molecular flexibility index (Phi) is 4.42. The number of hydrogen-bond donors (Lipinski definition) is 1. The molecule has 0 atom stereocenters. The highest BCUT2D eigenvalue weighted by atomic mass is 16.5. The van der Waals surface area contributed by atoms with Crippen LogP contribution in [0.4, 0.5) is 5.69 Å². The first-order chi connectivity index (χ1) is 10.0. The third-order valence-electron chi connectivity index (χ3n) is 2.78. The highest BCUT2D eigenvalue weighted by molar-refractivity contribution is 6.01. The maximum absolute atomic E-state index is 12.1. The lowest BCUT2D eigenvalue weighted by Crippen LogP contribution is -2.13. The molecule has 1 N–H and O–H groups in total. The van der Waals surface area contributed by atoms with Crippen molar-refractivity contribution < 1.29 is 18.7 Å². The van der Waals surface area contributed by atoms with Gasteiger partial charge in [0.25, 0.3) is 0 Å². The molecule has 1 aromatic carbocycles. The second-order valence-corrected chi connectivity index (χ2v) is 4.62. The maximum atomic E-state index is 12.1. The SMILES string of the molecule is COc1ccc(OC)c(NC(=O)c2nnc(C(C)C)o2)c1. The quantitative estimate of drug-likeness (QED) is 0.910. The molecule has 21 heavy (non-hydrogen) atoms. The van der Waals surface area contributed by atoms with Gasteiger partial charge in [-0.15, -0.1) is 10.2 Å². The Hall–Kier alpha value is -2.57. The van der Waals surface area contributed by atoms with Crippen molar-refractivity contribution in [3.05, 3.63) is 30.0 Å². The second kappa shape index (κ2) is 6.25. The molecule has 1 heterocycles. The van der Waals surface area contributed by atoms with E-state index in [0.29, 0.717) is 23.1 Å². The fraction of sp³-hybridized carbons (Fsp3) is 0.357. The van der Waals surface area contributed by atoms with E-state index in [-0.39, 0.29) is 11.8 Å². The van der Waals surface area contributed by atoms with Crippen molar-refractivity contribution in [3.8, 4) is 11.5 Å². The third-order valence-corrected chi connectivity index (χ3v) is 2.78. The summed E-state index contributed by atoms with van der Waals surface area (Å²) in [5, 5.41) is 10.2. The first-order valence-electron chi connectivity index (χ1n) is 6.42. The van der Waals surface area contributed by atoms with Gasteiger partial charge in [0.05, 0.1) is 19.9 Å². The van der Waals surface area contributed by atoms with Gasteiger partial charge in [0.1, 0.15) is 11.5 Å². The van der Waals surface area contributed by atoms with Crippen LogP contribution in [0.3, 0.4) is 0 Å². The molecule has 0 aliphatic carbocycles. The molecule has 0 bridgehead atoms. The zero-order chi connectivity index (χ0) is 15.4. The van der Waals surface area contributed by atoms with E-state index < -0.39 is 5.91 Å². The monoisotopic (exact) mass is 291 g/mol. The molecule has 7 heteroatoms. The molecule has 0 aliphatic heterocycles. The van der Waals surface area contributed by atoms with Crippen molar-refractivity contribution in [2.24, 2.45) is 0 Å². The molecule has 0 aliphatic rings. The summed E-state index contributed by atoms with van der Waals surface area (Å²) in [5.74, 6) is 0.986. The van der Waals surface area contributed by atoms with E-state index in [0.717, 1.165) is 0 Å². The summed E-state index contributed by atoms with van der Waals surface area (Å²) in [6.45, 7) is 3.81. The number of carbonyl (C=O) groups excluding carboxylic acids is 1. The fourth-order valence-corrected chi connectivity index (χ4v) is 1.65. The predicted octanol–water partition coefficient (Wildman–Crippen LogP) is 2.46. The van der Waals surface area contributed by atoms with Crippen LogP contribution in [-0.2, 0) is 0 Å². The molecular weight excluding hydrogens is 274 g/mol. The van der Waals surface area contributed by atoms with Crippen molar-refractivity contribution in [1.82, 2.24) is 10.2 Å². The van der Waals surface area contributed by atoms with Crippen LogP contribution in [-0.4, -0.2) is 30.3 Å². The molecule has 0 saturated carbocycles. The van der Waals surface area contributed by atoms with Crippen LogP contribution in [0.1, 0.15) is 36.3 Å². The molecule has 2 rings (SSSR count). The minimum absolute atomic E-state index is 0.0606. The summed E-state index contributed by atoms with van der Waals surface area (Å²) in [6, 6.07) is 5.08. The molecule has 7 nitrogen and oxygen atoms in total. The number of benzene rings is 1. The summed E-state index contributed by atoms with van der Waals surface area (Å²) in [4.78, 5) is 12.1. The van der Waals surface area contributed by atoms with Gasteiger partial charge >= 0.3 is 11.8 Å². The van der Waals surface area contributed by atoms with Crippen LogP contribution in [0.25, 0.3) is 0 Å². The smallest absolute Gasteiger partial charge is 0.313 e. The van der Waals surface area contributed by atoms with Crippen LogP contribution in [0.5, 0.6) is 11.5 Å². The molecule has 1 aromatic heterocycles. The minimum Gasteiger partial charge on any atom is -0.497 e. The average molecular weight is 291 g/mol. The minimum atomic E-state index is -0.499. The molecule has 0 saturated heterocycles. The molecule has 112 valence electrons. The lowest BCUT2D eigenvalue weighted by atomic mass is 10.2. The van der Waals surface area contributed by atoms with Crippen LogP contribution in [0.2, 0.25) is 0 Å². The van der Waals surface area contributed by atoms with Crippen LogP contribution < -0.4 is 14.8 Å². The Morgan fingerprint density at radius 2 is 2.00 bits per heavy atom. The molecule has 1 amide bonds. The molecular formula is C14H17N3O4. The summed E-state index contributed by atoms with van der Waals surface area (Å²) in [5.41, 5.74) is 0.464. The standard InChI is InChI=1S/C14H17N3O4/c1-8(2)13-16-17-14(21-13)12(18)15-10-7-9(19-3)5-6-11(10)20-4/h5-8H,1-4H3,(H,15,18). The zero-order valence-corrected chi connectivity index (χ0v) is 12.3. The van der Waals surface area contributed by atoms with Crippen molar-refractivity contribution in [2.75, 3.05) is 19.5 Å². The summed E-state index contributed by atoms with van der Waals surface area (Å²) >= 11 is 0. The maximum Gasteiger partial charge on any atom is 0.313 e. The van der Waals surface area contributed by atoms with Gasteiger partial charge in [-0.25, -0.2) is 0 Å². The van der Waals surface area contributed by atoms with Gasteiger partial charge in [0.15, 0.2) is 0 Å². The molecule has 0 fully saturated rings. The van der Waals surface area contributed by atoms with Crippen molar-refractivity contribution in [1.29, 1.82) is 0 Å². The molecule has 0 unspecified atom stereocenters. The Bertz CT molecular complexity index is 637. The summed E-state index contributed by atoms with van der Waals surface area (Å²) in [7, 11) is 3.06. The Morgan fingerprint density at radius 1 is 1.24 bits per heavy atom. The number of aromatic nitrogens is 2. The predicted molar refractivity (Wildman–Crippen MR) is 75.9 cm³/mol. The normalized spacial score (nSPS) is 10.5. The number of rotatable bonds is 5. The summed E-state index contributed by atoms with van der Waals surface area (Å²) in [6.07, 6.45) is 0. The lowest BCUT2D eigenvalue weighted by Gasteiger charge is -2.10. The van der Waals surface area contributed by atoms with E-state index >= 15 is 0 Å². The zero-order valence-electron chi connectivity index (χ0n) is 12.3. The highest BCUT2D eigenvalue weighted by Crippen LogP contribution is 2.29. The van der Waals surface area contributed by atoms with Gasteiger partial charge in [0, 0.05) is 12.0 Å². The molecule has 2 aromatic rings. The van der Waals surface area contributed by atoms with Gasteiger partial charge in [0.2, 0.25) is 5.89 Å². The fourth-order valence-electron chi connectivity index (χ4n) is 1.65.